The molecule has 0 saturated carbocycles. The van der Waals surface area contributed by atoms with Gasteiger partial charge in [0.15, 0.2) is 0 Å². The summed E-state index contributed by atoms with van der Waals surface area (Å²) in [7, 11) is 0. The number of benzene rings is 1. The molecule has 1 saturated heterocycles. The first-order valence-corrected chi connectivity index (χ1v) is 10.3. The molecule has 0 bridgehead atoms. The lowest BCUT2D eigenvalue weighted by Crippen LogP contribution is -2.42. The highest BCUT2D eigenvalue weighted by atomic mass is 35.5. The van der Waals surface area contributed by atoms with E-state index in [9.17, 15) is 4.79 Å². The number of hydrogen-bond acceptors (Lipinski definition) is 5. The summed E-state index contributed by atoms with van der Waals surface area (Å²) in [6.07, 6.45) is 3.15. The Morgan fingerprint density at radius 3 is 2.61 bits per heavy atom. The third-order valence-corrected chi connectivity index (χ3v) is 5.95. The Balaban J connectivity index is 0.00000196. The largest absolute Gasteiger partial charge is 0.349 e. The van der Waals surface area contributed by atoms with Crippen LogP contribution in [0.5, 0.6) is 0 Å². The molecule has 0 spiro atoms. The topological polar surface area (TPSA) is 71.2 Å². The summed E-state index contributed by atoms with van der Waals surface area (Å²) in [5.41, 5.74) is 7.31. The molecule has 1 aliphatic rings. The van der Waals surface area contributed by atoms with Crippen LogP contribution in [0.1, 0.15) is 46.9 Å². The van der Waals surface area contributed by atoms with E-state index in [-0.39, 0.29) is 36.8 Å². The maximum atomic E-state index is 12.5. The summed E-state index contributed by atoms with van der Waals surface area (Å²) in [5, 5.41) is 5.83. The first-order valence-electron chi connectivity index (χ1n) is 9.39. The number of amides is 1. The fraction of sp³-hybridized carbons (Fsp3) is 0.500. The molecule has 1 amide bonds. The Kier molecular flexibility index (Phi) is 11.0. The molecule has 0 aliphatic carbocycles. The number of halogens is 2. The van der Waals surface area contributed by atoms with Gasteiger partial charge in [0.1, 0.15) is 5.69 Å². The number of nitrogens with two attached hydrogens (primary N) is 1. The van der Waals surface area contributed by atoms with E-state index in [4.69, 9.17) is 5.73 Å². The smallest absolute Gasteiger partial charge is 0.270 e. The van der Waals surface area contributed by atoms with Crippen LogP contribution in [0.15, 0.2) is 35.7 Å². The average molecular weight is 445 g/mol. The quantitative estimate of drug-likeness (QED) is 0.682. The minimum absolute atomic E-state index is 0. The Morgan fingerprint density at radius 1 is 1.29 bits per heavy atom. The second-order valence-corrected chi connectivity index (χ2v) is 7.96. The molecule has 1 fully saturated rings. The highest BCUT2D eigenvalue weighted by Gasteiger charge is 2.25. The molecule has 2 heterocycles. The van der Waals surface area contributed by atoms with E-state index in [1.807, 2.05) is 11.4 Å². The van der Waals surface area contributed by atoms with Crippen molar-refractivity contribution in [2.75, 3.05) is 26.2 Å². The number of rotatable bonds is 7. The van der Waals surface area contributed by atoms with E-state index >= 15 is 0 Å². The summed E-state index contributed by atoms with van der Waals surface area (Å²) >= 11 is 1.50. The van der Waals surface area contributed by atoms with Crippen molar-refractivity contribution in [3.63, 3.8) is 0 Å². The van der Waals surface area contributed by atoms with Crippen molar-refractivity contribution in [1.29, 1.82) is 0 Å². The maximum Gasteiger partial charge on any atom is 0.270 e. The predicted octanol–water partition coefficient (Wildman–Crippen LogP) is 3.69. The van der Waals surface area contributed by atoms with Gasteiger partial charge in [0.05, 0.1) is 11.0 Å². The minimum atomic E-state index is -0.101. The molecular formula is C20H30Cl2N4OS. The third-order valence-electron chi connectivity index (χ3n) is 5.04. The fourth-order valence-electron chi connectivity index (χ4n) is 3.41. The van der Waals surface area contributed by atoms with Gasteiger partial charge >= 0.3 is 0 Å². The molecular weight excluding hydrogens is 415 g/mol. The standard InChI is InChI=1S/C20H28N4OS.2ClH/c1-15-8-11-24(12-9-15)18(16-5-3-2-4-6-16)13-22-20(25)17-14-26-19(23-17)7-10-21;;/h2-6,14-15,18H,7-13,21H2,1H3,(H,22,25);2*1H. The maximum absolute atomic E-state index is 12.5. The summed E-state index contributed by atoms with van der Waals surface area (Å²) in [6.45, 7) is 5.62. The molecule has 1 aromatic heterocycles. The Morgan fingerprint density at radius 2 is 1.96 bits per heavy atom. The number of piperidine rings is 1. The number of aromatic nitrogens is 1. The molecule has 28 heavy (non-hydrogen) atoms. The number of hydrogen-bond donors (Lipinski definition) is 2. The van der Waals surface area contributed by atoms with Crippen LogP contribution in [0.3, 0.4) is 0 Å². The lowest BCUT2D eigenvalue weighted by Gasteiger charge is -2.37. The van der Waals surface area contributed by atoms with Gasteiger partial charge in [-0.05, 0) is 44.0 Å². The predicted molar refractivity (Wildman–Crippen MR) is 121 cm³/mol. The van der Waals surface area contributed by atoms with Crippen LogP contribution in [-0.4, -0.2) is 42.0 Å². The highest BCUT2D eigenvalue weighted by Crippen LogP contribution is 2.26. The molecule has 3 N–H and O–H groups in total. The SMILES string of the molecule is CC1CCN(C(CNC(=O)c2csc(CCN)n2)c2ccccc2)CC1.Cl.Cl. The second-order valence-electron chi connectivity index (χ2n) is 7.02. The summed E-state index contributed by atoms with van der Waals surface area (Å²) in [4.78, 5) is 19.4. The molecule has 2 aromatic rings. The van der Waals surface area contributed by atoms with Crippen molar-refractivity contribution in [3.05, 3.63) is 52.0 Å². The average Bonchev–Trinajstić information content (AvgIpc) is 3.13. The first-order chi connectivity index (χ1) is 12.7. The molecule has 8 heteroatoms. The van der Waals surface area contributed by atoms with Gasteiger partial charge in [-0.15, -0.1) is 36.2 Å². The van der Waals surface area contributed by atoms with Crippen molar-refractivity contribution in [1.82, 2.24) is 15.2 Å². The fourth-order valence-corrected chi connectivity index (χ4v) is 4.20. The molecule has 5 nitrogen and oxygen atoms in total. The monoisotopic (exact) mass is 444 g/mol. The van der Waals surface area contributed by atoms with Gasteiger partial charge in [0, 0.05) is 18.3 Å². The Labute approximate surface area is 183 Å². The number of carbonyl (C=O) groups is 1. The van der Waals surface area contributed by atoms with Crippen molar-refractivity contribution in [2.45, 2.75) is 32.2 Å². The highest BCUT2D eigenvalue weighted by molar-refractivity contribution is 7.09. The lowest BCUT2D eigenvalue weighted by atomic mass is 9.95. The van der Waals surface area contributed by atoms with Gasteiger partial charge in [-0.1, -0.05) is 37.3 Å². The zero-order valence-electron chi connectivity index (χ0n) is 16.2. The van der Waals surface area contributed by atoms with Gasteiger partial charge in [-0.2, -0.15) is 0 Å². The van der Waals surface area contributed by atoms with Crippen molar-refractivity contribution < 1.29 is 4.79 Å². The second kappa shape index (κ2) is 12.4. The molecule has 0 radical (unpaired) electrons. The van der Waals surface area contributed by atoms with Crippen LogP contribution < -0.4 is 11.1 Å². The van der Waals surface area contributed by atoms with E-state index in [2.05, 4.69) is 46.4 Å². The summed E-state index contributed by atoms with van der Waals surface area (Å²) in [6, 6.07) is 10.7. The molecule has 1 unspecified atom stereocenters. The summed E-state index contributed by atoms with van der Waals surface area (Å²) in [5.74, 6) is 0.684. The van der Waals surface area contributed by atoms with E-state index in [1.54, 1.807) is 0 Å². The van der Waals surface area contributed by atoms with Gasteiger partial charge < -0.3 is 11.1 Å². The lowest BCUT2D eigenvalue weighted by molar-refractivity contribution is 0.0908. The van der Waals surface area contributed by atoms with Gasteiger partial charge in [0.2, 0.25) is 0 Å². The Bertz CT molecular complexity index is 705. The molecule has 1 atom stereocenters. The van der Waals surface area contributed by atoms with Gasteiger partial charge in [-0.3, -0.25) is 9.69 Å². The number of nitrogens with one attached hydrogen (secondary N) is 1. The minimum Gasteiger partial charge on any atom is -0.349 e. The van der Waals surface area contributed by atoms with E-state index < -0.39 is 0 Å². The van der Waals surface area contributed by atoms with E-state index in [0.717, 1.165) is 30.4 Å². The first kappa shape index (κ1) is 24.9. The zero-order chi connectivity index (χ0) is 18.4. The molecule has 1 aliphatic heterocycles. The van der Waals surface area contributed by atoms with Crippen molar-refractivity contribution >= 4 is 42.1 Å². The number of carbonyl (C=O) groups excluding carboxylic acids is 1. The zero-order valence-corrected chi connectivity index (χ0v) is 18.6. The van der Waals surface area contributed by atoms with Crippen molar-refractivity contribution in [2.24, 2.45) is 11.7 Å². The van der Waals surface area contributed by atoms with E-state index in [0.29, 0.717) is 18.8 Å². The molecule has 156 valence electrons. The van der Waals surface area contributed by atoms with Crippen LogP contribution >= 0.6 is 36.2 Å². The Hall–Kier alpha value is -1.18. The number of nitrogens with zero attached hydrogens (tertiary/aromatic N) is 2. The van der Waals surface area contributed by atoms with Crippen LogP contribution in [0.25, 0.3) is 0 Å². The van der Waals surface area contributed by atoms with E-state index in [1.165, 1.54) is 29.7 Å². The van der Waals surface area contributed by atoms with Crippen LogP contribution in [0, 0.1) is 5.92 Å². The molecule has 1 aromatic carbocycles. The third kappa shape index (κ3) is 6.71. The van der Waals surface area contributed by atoms with Gasteiger partial charge in [0.25, 0.3) is 5.91 Å². The molecule has 3 rings (SSSR count). The number of thiazole rings is 1. The summed E-state index contributed by atoms with van der Waals surface area (Å²) < 4.78 is 0. The van der Waals surface area contributed by atoms with Gasteiger partial charge in [-0.25, -0.2) is 4.98 Å². The van der Waals surface area contributed by atoms with Crippen molar-refractivity contribution in [3.8, 4) is 0 Å². The van der Waals surface area contributed by atoms with Crippen LogP contribution in [-0.2, 0) is 6.42 Å². The van der Waals surface area contributed by atoms with Crippen LogP contribution in [0.2, 0.25) is 0 Å². The number of likely N-dealkylation sites (tertiary alicyclic amines) is 1. The van der Waals surface area contributed by atoms with Crippen LogP contribution in [0.4, 0.5) is 0 Å². The normalized spacial score (nSPS) is 15.9.